The van der Waals surface area contributed by atoms with Crippen LogP contribution >= 0.6 is 0 Å². The molecular formula is C39H40FN9O3. The van der Waals surface area contributed by atoms with Gasteiger partial charge in [0.2, 0.25) is 0 Å². The molecule has 0 spiro atoms. The summed E-state index contributed by atoms with van der Waals surface area (Å²) in [5, 5.41) is 8.67. The molecule has 4 aliphatic heterocycles. The number of piperidine rings is 1. The molecule has 266 valence electrons. The number of carbonyl (C=O) groups excluding carboxylic acids is 1. The van der Waals surface area contributed by atoms with E-state index >= 15 is 4.39 Å². The van der Waals surface area contributed by atoms with Crippen LogP contribution in [0, 0.1) is 17.7 Å². The molecule has 7 heterocycles. The predicted octanol–water partition coefficient (Wildman–Crippen LogP) is 3.97. The summed E-state index contributed by atoms with van der Waals surface area (Å²) in [5.74, 6) is 7.65. The first-order valence-electron chi connectivity index (χ1n) is 18.0. The van der Waals surface area contributed by atoms with Crippen molar-refractivity contribution in [3.63, 3.8) is 0 Å². The van der Waals surface area contributed by atoms with Gasteiger partial charge in [-0.3, -0.25) is 14.3 Å². The number of hydrogen-bond acceptors (Lipinski definition) is 9. The highest BCUT2D eigenvalue weighted by Crippen LogP contribution is 2.37. The summed E-state index contributed by atoms with van der Waals surface area (Å²) in [6, 6.07) is 19.4. The van der Waals surface area contributed by atoms with Crippen molar-refractivity contribution in [3.8, 4) is 40.5 Å². The fourth-order valence-corrected chi connectivity index (χ4v) is 7.70. The smallest absolute Gasteiger partial charge is 0.298 e. The Morgan fingerprint density at radius 1 is 0.923 bits per heavy atom. The number of ether oxygens (including phenoxy) is 2. The Labute approximate surface area is 301 Å². The van der Waals surface area contributed by atoms with Crippen molar-refractivity contribution in [1.82, 2.24) is 39.4 Å². The second-order valence-electron chi connectivity index (χ2n) is 13.8. The highest BCUT2D eigenvalue weighted by atomic mass is 19.1. The monoisotopic (exact) mass is 701 g/mol. The summed E-state index contributed by atoms with van der Waals surface area (Å²) in [5.41, 5.74) is 3.44. The molecule has 1 atom stereocenters. The minimum atomic E-state index is -0.364. The van der Waals surface area contributed by atoms with Crippen LogP contribution in [0.3, 0.4) is 0 Å². The minimum absolute atomic E-state index is 0.0197. The van der Waals surface area contributed by atoms with Crippen LogP contribution in [0.1, 0.15) is 31.4 Å². The van der Waals surface area contributed by atoms with Crippen molar-refractivity contribution in [1.29, 1.82) is 0 Å². The maximum Gasteiger partial charge on any atom is 0.298 e. The van der Waals surface area contributed by atoms with Crippen LogP contribution in [0.2, 0.25) is 0 Å². The number of piperazine rings is 1. The Hall–Kier alpha value is -5.29. The zero-order valence-corrected chi connectivity index (χ0v) is 29.0. The van der Waals surface area contributed by atoms with Crippen molar-refractivity contribution in [3.05, 3.63) is 78.2 Å². The summed E-state index contributed by atoms with van der Waals surface area (Å²) in [4.78, 5) is 28.8. The van der Waals surface area contributed by atoms with E-state index in [-0.39, 0.29) is 23.8 Å². The van der Waals surface area contributed by atoms with Gasteiger partial charge < -0.3 is 24.6 Å². The second kappa shape index (κ2) is 13.7. The number of aromatic nitrogens is 5. The highest BCUT2D eigenvalue weighted by molar-refractivity contribution is 5.93. The molecule has 13 heteroatoms. The molecule has 0 unspecified atom stereocenters. The Balaban J connectivity index is 0.997. The number of imidazole rings is 1. The van der Waals surface area contributed by atoms with Crippen LogP contribution in [-0.4, -0.2) is 111 Å². The Morgan fingerprint density at radius 2 is 1.75 bits per heavy atom. The number of fused-ring (bicyclic) bond motifs is 2. The van der Waals surface area contributed by atoms with E-state index in [1.807, 2.05) is 52.1 Å². The maximum atomic E-state index is 15.4. The lowest BCUT2D eigenvalue weighted by atomic mass is 10.0. The van der Waals surface area contributed by atoms with Crippen molar-refractivity contribution in [2.24, 2.45) is 0 Å². The van der Waals surface area contributed by atoms with Crippen LogP contribution in [0.25, 0.3) is 34.1 Å². The molecule has 9 rings (SSSR count). The summed E-state index contributed by atoms with van der Waals surface area (Å²) >= 11 is 0. The molecule has 1 N–H and O–H groups in total. The minimum Gasteiger partial charge on any atom is -0.491 e. The zero-order valence-electron chi connectivity index (χ0n) is 29.0. The third kappa shape index (κ3) is 6.06. The summed E-state index contributed by atoms with van der Waals surface area (Å²) in [7, 11) is 0. The van der Waals surface area contributed by atoms with Crippen LogP contribution < -0.4 is 15.0 Å². The van der Waals surface area contributed by atoms with E-state index in [2.05, 4.69) is 33.0 Å². The normalized spacial score (nSPS) is 19.6. The molecule has 0 aliphatic carbocycles. The Kier molecular flexibility index (Phi) is 8.58. The standard InChI is InChI=1S/C39H40FN9O3/c1-2-5-37(50)47-15-12-26(13-16-47)41-33-25-52-34-22-27(8-9-30(33)34)49-38(29-6-3-4-7-31(29)40)42-32-10-11-35(43-39(32)49)48-17-14-36(44-48)46-20-18-45(19-21-46)28-23-51-24-28/h3-4,6-11,14,17,22,26,28,33,41H,12-13,15-16,18-21,23-25H2,1H3/t33-/m0/s1. The van der Waals surface area contributed by atoms with E-state index in [9.17, 15) is 4.79 Å². The molecular weight excluding hydrogens is 661 g/mol. The SMILES string of the molecule is CC#CC(=O)N1CCC(N[C@H]2COc3cc(-n4c(-c5ccccc5F)nc5ccc(-n6ccc(N7CCN(C8COC8)CC7)n6)nc54)ccc32)CC1. The molecule has 4 aliphatic rings. The van der Waals surface area contributed by atoms with Crippen molar-refractivity contribution in [2.75, 3.05) is 64.0 Å². The number of halogens is 1. The fourth-order valence-electron chi connectivity index (χ4n) is 7.70. The summed E-state index contributed by atoms with van der Waals surface area (Å²) in [6.07, 6.45) is 3.64. The quantitative estimate of drug-likeness (QED) is 0.253. The van der Waals surface area contributed by atoms with E-state index in [4.69, 9.17) is 24.5 Å². The average Bonchev–Trinajstić information content (AvgIpc) is 3.89. The molecule has 12 nitrogen and oxygen atoms in total. The van der Waals surface area contributed by atoms with Crippen molar-refractivity contribution in [2.45, 2.75) is 37.9 Å². The third-order valence-electron chi connectivity index (χ3n) is 10.7. The van der Waals surface area contributed by atoms with Gasteiger partial charge in [0.1, 0.15) is 29.5 Å². The van der Waals surface area contributed by atoms with Gasteiger partial charge in [-0.25, -0.2) is 19.0 Å². The molecule has 1 amide bonds. The molecule has 3 aromatic heterocycles. The van der Waals surface area contributed by atoms with Crippen LogP contribution in [0.5, 0.6) is 5.75 Å². The van der Waals surface area contributed by atoms with Gasteiger partial charge in [0, 0.05) is 69.2 Å². The lowest BCUT2D eigenvalue weighted by molar-refractivity contribution is -0.126. The predicted molar refractivity (Wildman–Crippen MR) is 194 cm³/mol. The highest BCUT2D eigenvalue weighted by Gasteiger charge is 2.31. The van der Waals surface area contributed by atoms with Gasteiger partial charge in [-0.05, 0) is 56.0 Å². The molecule has 2 aromatic carbocycles. The van der Waals surface area contributed by atoms with Crippen molar-refractivity contribution < 1.29 is 18.7 Å². The van der Waals surface area contributed by atoms with E-state index in [1.54, 1.807) is 23.7 Å². The largest absolute Gasteiger partial charge is 0.491 e. The summed E-state index contributed by atoms with van der Waals surface area (Å²) in [6.45, 7) is 8.99. The Bertz CT molecular complexity index is 2190. The van der Waals surface area contributed by atoms with Crippen LogP contribution in [-0.2, 0) is 9.53 Å². The number of amides is 1. The molecule has 3 saturated heterocycles. The lowest BCUT2D eigenvalue weighted by Crippen LogP contribution is -2.56. The number of nitrogens with zero attached hydrogens (tertiary/aromatic N) is 8. The van der Waals surface area contributed by atoms with Gasteiger partial charge in [0.05, 0.1) is 36.5 Å². The van der Waals surface area contributed by atoms with Gasteiger partial charge in [-0.15, -0.1) is 5.10 Å². The second-order valence-corrected chi connectivity index (χ2v) is 13.8. The number of pyridine rings is 1. The fraction of sp³-hybridized carbons (Fsp3) is 0.385. The van der Waals surface area contributed by atoms with Gasteiger partial charge in [0.15, 0.2) is 17.3 Å². The number of benzene rings is 2. The summed E-state index contributed by atoms with van der Waals surface area (Å²) < 4.78 is 30.7. The van der Waals surface area contributed by atoms with E-state index in [0.29, 0.717) is 54.1 Å². The van der Waals surface area contributed by atoms with Crippen molar-refractivity contribution >= 4 is 22.9 Å². The Morgan fingerprint density at radius 3 is 2.52 bits per heavy atom. The van der Waals surface area contributed by atoms with Crippen LogP contribution in [0.15, 0.2) is 66.9 Å². The first kappa shape index (κ1) is 32.6. The molecule has 0 radical (unpaired) electrons. The number of likely N-dealkylation sites (tertiary alicyclic amines) is 1. The number of rotatable bonds is 7. The van der Waals surface area contributed by atoms with Gasteiger partial charge >= 0.3 is 0 Å². The molecule has 0 saturated carbocycles. The van der Waals surface area contributed by atoms with E-state index < -0.39 is 0 Å². The first-order chi connectivity index (χ1) is 25.5. The molecule has 0 bridgehead atoms. The number of hydrogen-bond donors (Lipinski definition) is 1. The number of carbonyl (C=O) groups is 1. The maximum absolute atomic E-state index is 15.4. The number of nitrogens with one attached hydrogen (secondary N) is 1. The van der Waals surface area contributed by atoms with E-state index in [0.717, 1.165) is 75.1 Å². The molecule has 5 aromatic rings. The van der Waals surface area contributed by atoms with E-state index in [1.165, 1.54) is 6.07 Å². The van der Waals surface area contributed by atoms with Gasteiger partial charge in [-0.1, -0.05) is 24.1 Å². The third-order valence-corrected chi connectivity index (χ3v) is 10.7. The zero-order chi connectivity index (χ0) is 35.2. The first-order valence-corrected chi connectivity index (χ1v) is 18.0. The number of anilines is 1. The van der Waals surface area contributed by atoms with Crippen LogP contribution in [0.4, 0.5) is 10.2 Å². The van der Waals surface area contributed by atoms with Gasteiger partial charge in [0.25, 0.3) is 5.91 Å². The lowest BCUT2D eigenvalue weighted by Gasteiger charge is -2.42. The molecule has 3 fully saturated rings. The average molecular weight is 702 g/mol. The topological polar surface area (TPSA) is 106 Å². The molecule has 52 heavy (non-hydrogen) atoms. The van der Waals surface area contributed by atoms with Gasteiger partial charge in [-0.2, -0.15) is 0 Å².